The first-order valence-corrected chi connectivity index (χ1v) is 6.16. The summed E-state index contributed by atoms with van der Waals surface area (Å²) in [5.41, 5.74) is -0.362. The van der Waals surface area contributed by atoms with Gasteiger partial charge < -0.3 is 5.32 Å². The van der Waals surface area contributed by atoms with Gasteiger partial charge in [-0.15, -0.1) is 0 Å². The zero-order chi connectivity index (χ0) is 13.5. The third-order valence-corrected chi connectivity index (χ3v) is 3.37. The Bertz CT molecular complexity index is 529. The lowest BCUT2D eigenvalue weighted by Crippen LogP contribution is -2.59. The normalized spacial score (nSPS) is 18.8. The summed E-state index contributed by atoms with van der Waals surface area (Å²) in [6.07, 6.45) is 0. The highest BCUT2D eigenvalue weighted by Crippen LogP contribution is 2.33. The Hall–Kier alpha value is -1.26. The lowest BCUT2D eigenvalue weighted by molar-refractivity contribution is -0.126. The fourth-order valence-corrected chi connectivity index (χ4v) is 2.09. The first-order chi connectivity index (χ1) is 8.33. The van der Waals surface area contributed by atoms with Crippen molar-refractivity contribution in [3.05, 3.63) is 28.2 Å². The lowest BCUT2D eigenvalue weighted by atomic mass is 9.89. The SMILES string of the molecule is CC1(C)CNC(=O)N(c2cc(Cl)ccc2Cl)C1=O. The Labute approximate surface area is 115 Å². The molecule has 1 aliphatic rings. The molecule has 2 rings (SSSR count). The van der Waals surface area contributed by atoms with Crippen molar-refractivity contribution in [2.24, 2.45) is 5.41 Å². The number of nitrogens with zero attached hydrogens (tertiary/aromatic N) is 1. The minimum Gasteiger partial charge on any atom is -0.336 e. The minimum atomic E-state index is -0.667. The molecule has 0 radical (unpaired) electrons. The molecule has 1 heterocycles. The van der Waals surface area contributed by atoms with E-state index in [1.54, 1.807) is 26.0 Å². The fourth-order valence-electron chi connectivity index (χ4n) is 1.72. The zero-order valence-electron chi connectivity index (χ0n) is 9.96. The first kappa shape index (κ1) is 13.2. The van der Waals surface area contributed by atoms with Crippen molar-refractivity contribution in [1.82, 2.24) is 5.32 Å². The van der Waals surface area contributed by atoms with Crippen LogP contribution in [0.1, 0.15) is 13.8 Å². The monoisotopic (exact) mass is 286 g/mol. The third-order valence-electron chi connectivity index (χ3n) is 2.82. The molecule has 96 valence electrons. The molecule has 1 saturated heterocycles. The second-order valence-corrected chi connectivity index (χ2v) is 5.62. The van der Waals surface area contributed by atoms with Crippen LogP contribution in [0.15, 0.2) is 18.2 Å². The Morgan fingerprint density at radius 1 is 1.28 bits per heavy atom. The van der Waals surface area contributed by atoms with Gasteiger partial charge >= 0.3 is 6.03 Å². The lowest BCUT2D eigenvalue weighted by Gasteiger charge is -2.36. The van der Waals surface area contributed by atoms with E-state index in [-0.39, 0.29) is 5.91 Å². The molecule has 4 nitrogen and oxygen atoms in total. The Balaban J connectivity index is 2.50. The van der Waals surface area contributed by atoms with E-state index < -0.39 is 11.4 Å². The van der Waals surface area contributed by atoms with Gasteiger partial charge in [0, 0.05) is 11.6 Å². The van der Waals surface area contributed by atoms with Crippen molar-refractivity contribution in [2.45, 2.75) is 13.8 Å². The molecule has 0 unspecified atom stereocenters. The largest absolute Gasteiger partial charge is 0.336 e. The molecular weight excluding hydrogens is 275 g/mol. The fraction of sp³-hybridized carbons (Fsp3) is 0.333. The number of nitrogens with one attached hydrogen (secondary N) is 1. The molecule has 0 saturated carbocycles. The maximum absolute atomic E-state index is 12.3. The molecule has 1 aromatic carbocycles. The van der Waals surface area contributed by atoms with Gasteiger partial charge in [0.05, 0.1) is 16.1 Å². The molecule has 0 atom stereocenters. The summed E-state index contributed by atoms with van der Waals surface area (Å²) in [4.78, 5) is 25.2. The number of halogens is 2. The Kier molecular flexibility index (Phi) is 3.25. The summed E-state index contributed by atoms with van der Waals surface area (Å²) < 4.78 is 0. The number of amides is 3. The maximum Gasteiger partial charge on any atom is 0.328 e. The molecule has 0 aromatic heterocycles. The average Bonchev–Trinajstić information content (AvgIpc) is 2.30. The van der Waals surface area contributed by atoms with Crippen LogP contribution < -0.4 is 10.2 Å². The molecule has 3 amide bonds. The standard InChI is InChI=1S/C12H12Cl2N2O2/c1-12(2)6-15-11(18)16(10(12)17)9-5-7(13)3-4-8(9)14/h3-5H,6H2,1-2H3,(H,15,18). The van der Waals surface area contributed by atoms with Crippen LogP contribution in [0.4, 0.5) is 10.5 Å². The van der Waals surface area contributed by atoms with Gasteiger partial charge in [0.1, 0.15) is 0 Å². The topological polar surface area (TPSA) is 49.4 Å². The molecule has 0 spiro atoms. The van der Waals surface area contributed by atoms with E-state index in [2.05, 4.69) is 5.32 Å². The van der Waals surface area contributed by atoms with Gasteiger partial charge in [0.2, 0.25) is 5.91 Å². The molecule has 1 N–H and O–H groups in total. The number of carbonyl (C=O) groups is 2. The second kappa shape index (κ2) is 4.44. The van der Waals surface area contributed by atoms with E-state index in [1.165, 1.54) is 6.07 Å². The zero-order valence-corrected chi connectivity index (χ0v) is 11.5. The van der Waals surface area contributed by atoms with E-state index in [1.807, 2.05) is 0 Å². The van der Waals surface area contributed by atoms with Crippen molar-refractivity contribution >= 4 is 40.8 Å². The van der Waals surface area contributed by atoms with E-state index in [4.69, 9.17) is 23.2 Å². The predicted octanol–water partition coefficient (Wildman–Crippen LogP) is 3.08. The number of urea groups is 1. The van der Waals surface area contributed by atoms with Gasteiger partial charge in [-0.2, -0.15) is 0 Å². The summed E-state index contributed by atoms with van der Waals surface area (Å²) in [6, 6.07) is 4.18. The molecule has 18 heavy (non-hydrogen) atoms. The first-order valence-electron chi connectivity index (χ1n) is 5.40. The number of anilines is 1. The van der Waals surface area contributed by atoms with Gasteiger partial charge in [-0.05, 0) is 32.0 Å². The molecule has 1 aliphatic heterocycles. The molecular formula is C12H12Cl2N2O2. The third kappa shape index (κ3) is 2.18. The van der Waals surface area contributed by atoms with Gasteiger partial charge in [0.25, 0.3) is 0 Å². The van der Waals surface area contributed by atoms with Crippen LogP contribution in [0.5, 0.6) is 0 Å². The smallest absolute Gasteiger partial charge is 0.328 e. The van der Waals surface area contributed by atoms with E-state index in [0.717, 1.165) is 4.90 Å². The number of hydrogen-bond donors (Lipinski definition) is 1. The second-order valence-electron chi connectivity index (χ2n) is 4.78. The number of carbonyl (C=O) groups excluding carboxylic acids is 2. The quantitative estimate of drug-likeness (QED) is 0.863. The van der Waals surface area contributed by atoms with Crippen molar-refractivity contribution in [2.75, 3.05) is 11.4 Å². The maximum atomic E-state index is 12.3. The van der Waals surface area contributed by atoms with E-state index in [9.17, 15) is 9.59 Å². The van der Waals surface area contributed by atoms with E-state index in [0.29, 0.717) is 22.3 Å². The van der Waals surface area contributed by atoms with Gasteiger partial charge in [-0.25, -0.2) is 9.69 Å². The molecule has 0 bridgehead atoms. The summed E-state index contributed by atoms with van der Waals surface area (Å²) in [6.45, 7) is 3.83. The summed E-state index contributed by atoms with van der Waals surface area (Å²) in [7, 11) is 0. The Morgan fingerprint density at radius 3 is 2.61 bits per heavy atom. The number of imide groups is 1. The van der Waals surface area contributed by atoms with Crippen LogP contribution in [0, 0.1) is 5.41 Å². The molecule has 1 fully saturated rings. The highest BCUT2D eigenvalue weighted by Gasteiger charge is 2.41. The van der Waals surface area contributed by atoms with Gasteiger partial charge in [-0.1, -0.05) is 23.2 Å². The van der Waals surface area contributed by atoms with Gasteiger partial charge in [0.15, 0.2) is 0 Å². The molecule has 6 heteroatoms. The van der Waals surface area contributed by atoms with Crippen LogP contribution in [0.25, 0.3) is 0 Å². The Morgan fingerprint density at radius 2 is 1.94 bits per heavy atom. The molecule has 1 aromatic rings. The van der Waals surface area contributed by atoms with Crippen molar-refractivity contribution in [3.8, 4) is 0 Å². The van der Waals surface area contributed by atoms with Crippen molar-refractivity contribution in [3.63, 3.8) is 0 Å². The van der Waals surface area contributed by atoms with Crippen LogP contribution >= 0.6 is 23.2 Å². The number of hydrogen-bond acceptors (Lipinski definition) is 2. The van der Waals surface area contributed by atoms with Crippen LogP contribution in [0.3, 0.4) is 0 Å². The summed E-state index contributed by atoms with van der Waals surface area (Å²) in [5, 5.41) is 3.38. The molecule has 0 aliphatic carbocycles. The van der Waals surface area contributed by atoms with E-state index >= 15 is 0 Å². The van der Waals surface area contributed by atoms with Crippen LogP contribution in [-0.2, 0) is 4.79 Å². The van der Waals surface area contributed by atoms with Crippen LogP contribution in [0.2, 0.25) is 10.0 Å². The number of benzene rings is 1. The van der Waals surface area contributed by atoms with Crippen LogP contribution in [-0.4, -0.2) is 18.5 Å². The predicted molar refractivity (Wildman–Crippen MR) is 71.1 cm³/mol. The van der Waals surface area contributed by atoms with Crippen molar-refractivity contribution < 1.29 is 9.59 Å². The summed E-state index contributed by atoms with van der Waals surface area (Å²) >= 11 is 11.9. The average molecular weight is 287 g/mol. The highest BCUT2D eigenvalue weighted by atomic mass is 35.5. The summed E-state index contributed by atoms with van der Waals surface area (Å²) in [5.74, 6) is -0.296. The van der Waals surface area contributed by atoms with Crippen molar-refractivity contribution in [1.29, 1.82) is 0 Å². The number of rotatable bonds is 1. The van der Waals surface area contributed by atoms with Gasteiger partial charge in [-0.3, -0.25) is 4.79 Å². The minimum absolute atomic E-state index is 0.296. The highest BCUT2D eigenvalue weighted by molar-refractivity contribution is 6.37.